The average molecular weight is 215 g/mol. The summed E-state index contributed by atoms with van der Waals surface area (Å²) in [5.41, 5.74) is 0.402. The van der Waals surface area contributed by atoms with Gasteiger partial charge in [-0.25, -0.2) is 0 Å². The monoisotopic (exact) mass is 215 g/mol. The highest BCUT2D eigenvalue weighted by Gasteiger charge is 2.25. The van der Waals surface area contributed by atoms with Crippen molar-refractivity contribution in [3.8, 4) is 0 Å². The summed E-state index contributed by atoms with van der Waals surface area (Å²) < 4.78 is 0. The molecule has 84 valence electrons. The quantitative estimate of drug-likeness (QED) is 0.775. The Hall–Kier alpha value is 0.310. The molecule has 0 saturated carbocycles. The van der Waals surface area contributed by atoms with Gasteiger partial charge in [-0.05, 0) is 36.2 Å². The fourth-order valence-electron chi connectivity index (χ4n) is 2.13. The highest BCUT2D eigenvalue weighted by Crippen LogP contribution is 2.24. The maximum atomic E-state index is 3.83. The molecule has 0 aliphatic carbocycles. The molecule has 1 fully saturated rings. The van der Waals surface area contributed by atoms with E-state index >= 15 is 0 Å². The molecule has 0 bridgehead atoms. The lowest BCUT2D eigenvalue weighted by Crippen LogP contribution is -2.46. The van der Waals surface area contributed by atoms with Crippen molar-refractivity contribution >= 4 is 11.8 Å². The SMILES string of the molecule is CCC(NC1CCSCC1)C(C)(C)C. The molecule has 0 aromatic rings. The van der Waals surface area contributed by atoms with Crippen molar-refractivity contribution in [2.24, 2.45) is 5.41 Å². The second-order valence-corrected chi connectivity index (χ2v) is 6.60. The van der Waals surface area contributed by atoms with E-state index in [9.17, 15) is 0 Å². The van der Waals surface area contributed by atoms with Crippen LogP contribution < -0.4 is 5.32 Å². The molecule has 1 rings (SSSR count). The van der Waals surface area contributed by atoms with Crippen molar-refractivity contribution in [2.75, 3.05) is 11.5 Å². The van der Waals surface area contributed by atoms with Crippen molar-refractivity contribution in [3.63, 3.8) is 0 Å². The molecule has 0 amide bonds. The number of hydrogen-bond acceptors (Lipinski definition) is 2. The molecule has 2 heteroatoms. The summed E-state index contributed by atoms with van der Waals surface area (Å²) in [6.45, 7) is 9.31. The summed E-state index contributed by atoms with van der Waals surface area (Å²) in [7, 11) is 0. The second-order valence-electron chi connectivity index (χ2n) is 5.38. The Morgan fingerprint density at radius 3 is 2.29 bits per heavy atom. The van der Waals surface area contributed by atoms with Gasteiger partial charge >= 0.3 is 0 Å². The molecule has 1 heterocycles. The summed E-state index contributed by atoms with van der Waals surface area (Å²) in [6, 6.07) is 1.45. The molecule has 1 aliphatic rings. The Bertz CT molecular complexity index is 156. The van der Waals surface area contributed by atoms with Gasteiger partial charge in [0, 0.05) is 12.1 Å². The topological polar surface area (TPSA) is 12.0 Å². The van der Waals surface area contributed by atoms with Crippen LogP contribution in [0.5, 0.6) is 0 Å². The molecule has 14 heavy (non-hydrogen) atoms. The smallest absolute Gasteiger partial charge is 0.0116 e. The van der Waals surface area contributed by atoms with E-state index in [4.69, 9.17) is 0 Å². The van der Waals surface area contributed by atoms with Crippen LogP contribution in [0.25, 0.3) is 0 Å². The first-order valence-corrected chi connectivity index (χ1v) is 7.03. The van der Waals surface area contributed by atoms with E-state index in [0.717, 1.165) is 6.04 Å². The van der Waals surface area contributed by atoms with Crippen molar-refractivity contribution in [1.29, 1.82) is 0 Å². The molecular weight excluding hydrogens is 190 g/mol. The highest BCUT2D eigenvalue weighted by atomic mass is 32.2. The van der Waals surface area contributed by atoms with E-state index in [0.29, 0.717) is 11.5 Å². The molecular formula is C12H25NS. The van der Waals surface area contributed by atoms with E-state index in [1.165, 1.54) is 30.8 Å². The summed E-state index contributed by atoms with van der Waals surface area (Å²) in [4.78, 5) is 0. The normalized spacial score (nSPS) is 22.3. The third-order valence-corrected chi connectivity index (χ3v) is 4.16. The van der Waals surface area contributed by atoms with Crippen LogP contribution in [-0.4, -0.2) is 23.6 Å². The van der Waals surface area contributed by atoms with E-state index < -0.39 is 0 Å². The first kappa shape index (κ1) is 12.4. The number of nitrogens with one attached hydrogen (secondary N) is 1. The van der Waals surface area contributed by atoms with Gasteiger partial charge in [0.25, 0.3) is 0 Å². The maximum absolute atomic E-state index is 3.83. The Kier molecular flexibility index (Phi) is 4.78. The van der Waals surface area contributed by atoms with Crippen LogP contribution in [0.15, 0.2) is 0 Å². The van der Waals surface area contributed by atoms with Crippen LogP contribution in [0, 0.1) is 5.41 Å². The zero-order chi connectivity index (χ0) is 10.6. The number of hydrogen-bond donors (Lipinski definition) is 1. The van der Waals surface area contributed by atoms with Crippen molar-refractivity contribution in [2.45, 2.75) is 59.0 Å². The third-order valence-electron chi connectivity index (χ3n) is 3.11. The van der Waals surface area contributed by atoms with Gasteiger partial charge < -0.3 is 5.32 Å². The van der Waals surface area contributed by atoms with Gasteiger partial charge in [-0.15, -0.1) is 0 Å². The van der Waals surface area contributed by atoms with E-state index in [2.05, 4.69) is 44.8 Å². The number of rotatable bonds is 3. The van der Waals surface area contributed by atoms with Gasteiger partial charge in [0.2, 0.25) is 0 Å². The molecule has 1 nitrogen and oxygen atoms in total. The van der Waals surface area contributed by atoms with Crippen molar-refractivity contribution in [1.82, 2.24) is 5.32 Å². The zero-order valence-corrected chi connectivity index (χ0v) is 10.9. The van der Waals surface area contributed by atoms with Crippen LogP contribution in [0.3, 0.4) is 0 Å². The molecule has 1 unspecified atom stereocenters. The highest BCUT2D eigenvalue weighted by molar-refractivity contribution is 7.99. The van der Waals surface area contributed by atoms with Crippen LogP contribution in [0.2, 0.25) is 0 Å². The molecule has 0 spiro atoms. The summed E-state index contributed by atoms with van der Waals surface area (Å²) in [5.74, 6) is 2.69. The van der Waals surface area contributed by atoms with Gasteiger partial charge in [0.15, 0.2) is 0 Å². The molecule has 0 aromatic heterocycles. The van der Waals surface area contributed by atoms with Crippen LogP contribution in [0.1, 0.15) is 47.0 Å². The van der Waals surface area contributed by atoms with Gasteiger partial charge in [-0.2, -0.15) is 11.8 Å². The van der Waals surface area contributed by atoms with Crippen molar-refractivity contribution < 1.29 is 0 Å². The molecule has 0 radical (unpaired) electrons. The lowest BCUT2D eigenvalue weighted by atomic mass is 9.84. The minimum absolute atomic E-state index is 0.402. The third kappa shape index (κ3) is 3.82. The van der Waals surface area contributed by atoms with Crippen molar-refractivity contribution in [3.05, 3.63) is 0 Å². The number of thioether (sulfide) groups is 1. The summed E-state index contributed by atoms with van der Waals surface area (Å²) in [5, 5.41) is 3.83. The first-order valence-electron chi connectivity index (χ1n) is 5.88. The molecule has 0 aromatic carbocycles. The lowest BCUT2D eigenvalue weighted by Gasteiger charge is -2.35. The molecule has 1 aliphatic heterocycles. The van der Waals surface area contributed by atoms with E-state index in [1.807, 2.05) is 0 Å². The Morgan fingerprint density at radius 2 is 1.86 bits per heavy atom. The maximum Gasteiger partial charge on any atom is 0.0116 e. The van der Waals surface area contributed by atoms with Gasteiger partial charge in [0.1, 0.15) is 0 Å². The summed E-state index contributed by atoms with van der Waals surface area (Å²) >= 11 is 2.10. The predicted octanol–water partition coefficient (Wildman–Crippen LogP) is 3.30. The van der Waals surface area contributed by atoms with Gasteiger partial charge in [0.05, 0.1) is 0 Å². The van der Waals surface area contributed by atoms with E-state index in [1.54, 1.807) is 0 Å². The zero-order valence-electron chi connectivity index (χ0n) is 10.1. The van der Waals surface area contributed by atoms with Crippen LogP contribution >= 0.6 is 11.8 Å². The fraction of sp³-hybridized carbons (Fsp3) is 1.00. The van der Waals surface area contributed by atoms with Gasteiger partial charge in [-0.1, -0.05) is 27.7 Å². The van der Waals surface area contributed by atoms with E-state index in [-0.39, 0.29) is 0 Å². The molecule has 1 N–H and O–H groups in total. The first-order chi connectivity index (χ1) is 6.54. The van der Waals surface area contributed by atoms with Crippen LogP contribution in [0.4, 0.5) is 0 Å². The Balaban J connectivity index is 2.39. The van der Waals surface area contributed by atoms with Gasteiger partial charge in [-0.3, -0.25) is 0 Å². The second kappa shape index (κ2) is 5.41. The molecule has 1 atom stereocenters. The Labute approximate surface area is 93.4 Å². The summed E-state index contributed by atoms with van der Waals surface area (Å²) in [6.07, 6.45) is 3.96. The predicted molar refractivity (Wildman–Crippen MR) is 67.0 cm³/mol. The standard InChI is InChI=1S/C12H25NS/c1-5-11(12(2,3)4)13-10-6-8-14-9-7-10/h10-11,13H,5-9H2,1-4H3. The average Bonchev–Trinajstić information content (AvgIpc) is 2.14. The fourth-order valence-corrected chi connectivity index (χ4v) is 3.24. The Morgan fingerprint density at radius 1 is 1.29 bits per heavy atom. The minimum atomic E-state index is 0.402. The molecule has 1 saturated heterocycles. The largest absolute Gasteiger partial charge is 0.311 e. The van der Waals surface area contributed by atoms with Crippen LogP contribution in [-0.2, 0) is 0 Å². The minimum Gasteiger partial charge on any atom is -0.311 e. The lowest BCUT2D eigenvalue weighted by molar-refractivity contribution is 0.234.